The van der Waals surface area contributed by atoms with E-state index in [1.165, 1.54) is 12.1 Å². The smallest absolute Gasteiger partial charge is 0.263 e. The van der Waals surface area contributed by atoms with Gasteiger partial charge < -0.3 is 5.32 Å². The number of rotatable bonds is 3. The standard InChI is InChI=1S/C14H16N4O2S2/c1-9-4-6-12(7-5-9)22(19,20)18-14(21)17-13-15-10(2)8-11(3)16-13/h4-8H,1-3H3,(H2,15,16,17,18,21). The van der Waals surface area contributed by atoms with Crippen molar-refractivity contribution in [2.75, 3.05) is 5.32 Å². The quantitative estimate of drug-likeness (QED) is 0.835. The molecule has 0 saturated carbocycles. The van der Waals surface area contributed by atoms with Crippen LogP contribution in [0.15, 0.2) is 35.2 Å². The monoisotopic (exact) mass is 336 g/mol. The van der Waals surface area contributed by atoms with Crippen LogP contribution in [0.1, 0.15) is 17.0 Å². The zero-order valence-corrected chi connectivity index (χ0v) is 14.0. The lowest BCUT2D eigenvalue weighted by Gasteiger charge is -2.11. The van der Waals surface area contributed by atoms with E-state index in [4.69, 9.17) is 12.2 Å². The fourth-order valence-electron chi connectivity index (χ4n) is 1.81. The summed E-state index contributed by atoms with van der Waals surface area (Å²) in [5.74, 6) is 0.258. The maximum atomic E-state index is 12.2. The van der Waals surface area contributed by atoms with Crippen LogP contribution >= 0.6 is 12.2 Å². The van der Waals surface area contributed by atoms with Crippen LogP contribution in [-0.4, -0.2) is 23.5 Å². The number of thiocarbonyl (C=S) groups is 1. The molecule has 8 heteroatoms. The number of aromatic nitrogens is 2. The molecule has 0 radical (unpaired) electrons. The van der Waals surface area contributed by atoms with E-state index in [2.05, 4.69) is 20.0 Å². The van der Waals surface area contributed by atoms with Gasteiger partial charge in [-0.05, 0) is 51.2 Å². The number of nitrogens with zero attached hydrogens (tertiary/aromatic N) is 2. The van der Waals surface area contributed by atoms with Gasteiger partial charge in [0.05, 0.1) is 4.90 Å². The maximum Gasteiger partial charge on any atom is 0.263 e. The molecule has 2 N–H and O–H groups in total. The normalized spacial score (nSPS) is 11.0. The van der Waals surface area contributed by atoms with Crippen molar-refractivity contribution in [3.05, 3.63) is 47.3 Å². The molecule has 116 valence electrons. The molecule has 1 aromatic heterocycles. The Morgan fingerprint density at radius 3 is 2.14 bits per heavy atom. The molecule has 2 aromatic rings. The van der Waals surface area contributed by atoms with E-state index in [9.17, 15) is 8.42 Å². The summed E-state index contributed by atoms with van der Waals surface area (Å²) >= 11 is 5.02. The van der Waals surface area contributed by atoms with Gasteiger partial charge in [0.1, 0.15) is 0 Å². The topological polar surface area (TPSA) is 84.0 Å². The molecule has 0 aliphatic carbocycles. The summed E-state index contributed by atoms with van der Waals surface area (Å²) in [6.45, 7) is 5.52. The van der Waals surface area contributed by atoms with E-state index < -0.39 is 10.0 Å². The Kier molecular flexibility index (Phi) is 4.72. The fourth-order valence-corrected chi connectivity index (χ4v) is 3.14. The minimum Gasteiger partial charge on any atom is -0.300 e. The van der Waals surface area contributed by atoms with Crippen LogP contribution in [0.2, 0.25) is 0 Å². The van der Waals surface area contributed by atoms with Crippen molar-refractivity contribution >= 4 is 33.3 Å². The Labute approximate surface area is 135 Å². The molecule has 0 unspecified atom stereocenters. The summed E-state index contributed by atoms with van der Waals surface area (Å²) in [4.78, 5) is 8.43. The summed E-state index contributed by atoms with van der Waals surface area (Å²) in [7, 11) is -3.73. The van der Waals surface area contributed by atoms with Gasteiger partial charge in [-0.3, -0.25) is 4.72 Å². The SMILES string of the molecule is Cc1ccc(S(=O)(=O)NC(=S)Nc2nc(C)cc(C)n2)cc1. The molecule has 0 amide bonds. The molecule has 22 heavy (non-hydrogen) atoms. The molecule has 0 saturated heterocycles. The Balaban J connectivity index is 2.12. The lowest BCUT2D eigenvalue weighted by molar-refractivity contribution is 0.593. The minimum absolute atomic E-state index is 0.0782. The fraction of sp³-hybridized carbons (Fsp3) is 0.214. The van der Waals surface area contributed by atoms with Gasteiger partial charge in [0.2, 0.25) is 5.95 Å². The lowest BCUT2D eigenvalue weighted by Crippen LogP contribution is -2.34. The number of aryl methyl sites for hydroxylation is 3. The van der Waals surface area contributed by atoms with E-state index >= 15 is 0 Å². The largest absolute Gasteiger partial charge is 0.300 e. The van der Waals surface area contributed by atoms with Crippen LogP contribution in [0.25, 0.3) is 0 Å². The highest BCUT2D eigenvalue weighted by Gasteiger charge is 2.15. The van der Waals surface area contributed by atoms with Crippen molar-refractivity contribution in [2.45, 2.75) is 25.7 Å². The number of nitrogens with one attached hydrogen (secondary N) is 2. The third-order valence-electron chi connectivity index (χ3n) is 2.77. The van der Waals surface area contributed by atoms with Crippen molar-refractivity contribution < 1.29 is 8.42 Å². The van der Waals surface area contributed by atoms with Crippen molar-refractivity contribution in [3.63, 3.8) is 0 Å². The van der Waals surface area contributed by atoms with E-state index in [1.807, 2.05) is 26.8 Å². The number of hydrogen-bond acceptors (Lipinski definition) is 5. The Bertz CT molecular complexity index is 782. The molecule has 0 atom stereocenters. The molecule has 0 fully saturated rings. The molecule has 0 bridgehead atoms. The van der Waals surface area contributed by atoms with Crippen molar-refractivity contribution in [3.8, 4) is 0 Å². The van der Waals surface area contributed by atoms with Gasteiger partial charge >= 0.3 is 0 Å². The van der Waals surface area contributed by atoms with E-state index in [-0.39, 0.29) is 16.0 Å². The predicted molar refractivity (Wildman–Crippen MR) is 89.2 cm³/mol. The zero-order chi connectivity index (χ0) is 16.3. The maximum absolute atomic E-state index is 12.2. The van der Waals surface area contributed by atoms with Crippen LogP contribution in [0, 0.1) is 20.8 Å². The molecular formula is C14H16N4O2S2. The first-order chi connectivity index (χ1) is 10.3. The molecule has 1 heterocycles. The molecule has 0 spiro atoms. The van der Waals surface area contributed by atoms with Gasteiger partial charge in [-0.25, -0.2) is 18.4 Å². The zero-order valence-electron chi connectivity index (χ0n) is 12.4. The molecule has 0 aliphatic heterocycles. The van der Waals surface area contributed by atoms with E-state index in [1.54, 1.807) is 12.1 Å². The second kappa shape index (κ2) is 6.37. The van der Waals surface area contributed by atoms with Crippen LogP contribution < -0.4 is 10.0 Å². The van der Waals surface area contributed by atoms with Crippen molar-refractivity contribution in [1.29, 1.82) is 0 Å². The van der Waals surface area contributed by atoms with Crippen molar-refractivity contribution in [2.24, 2.45) is 0 Å². The number of hydrogen-bond donors (Lipinski definition) is 2. The first kappa shape index (κ1) is 16.3. The molecular weight excluding hydrogens is 320 g/mol. The van der Waals surface area contributed by atoms with Crippen LogP contribution in [0.5, 0.6) is 0 Å². The summed E-state index contributed by atoms with van der Waals surface area (Å²) in [6.07, 6.45) is 0. The summed E-state index contributed by atoms with van der Waals surface area (Å²) in [5.41, 5.74) is 2.50. The van der Waals surface area contributed by atoms with Crippen LogP contribution in [0.4, 0.5) is 5.95 Å². The first-order valence-corrected chi connectivity index (χ1v) is 8.38. The van der Waals surface area contributed by atoms with E-state index in [0.717, 1.165) is 17.0 Å². The van der Waals surface area contributed by atoms with Crippen LogP contribution in [0.3, 0.4) is 0 Å². The van der Waals surface area contributed by atoms with Gasteiger partial charge in [0.25, 0.3) is 10.0 Å². The van der Waals surface area contributed by atoms with E-state index in [0.29, 0.717) is 0 Å². The Morgan fingerprint density at radius 1 is 1.05 bits per heavy atom. The second-order valence-corrected chi connectivity index (χ2v) is 6.94. The average molecular weight is 336 g/mol. The second-order valence-electron chi connectivity index (χ2n) is 4.85. The lowest BCUT2D eigenvalue weighted by atomic mass is 10.2. The Morgan fingerprint density at radius 2 is 1.59 bits per heavy atom. The van der Waals surface area contributed by atoms with Gasteiger partial charge in [0, 0.05) is 11.4 Å². The first-order valence-electron chi connectivity index (χ1n) is 6.49. The van der Waals surface area contributed by atoms with Gasteiger partial charge in [-0.15, -0.1) is 0 Å². The predicted octanol–water partition coefficient (Wildman–Crippen LogP) is 2.08. The average Bonchev–Trinajstić information content (AvgIpc) is 2.36. The molecule has 6 nitrogen and oxygen atoms in total. The van der Waals surface area contributed by atoms with Gasteiger partial charge in [-0.2, -0.15) is 0 Å². The Hall–Kier alpha value is -2.06. The number of benzene rings is 1. The third-order valence-corrected chi connectivity index (χ3v) is 4.46. The van der Waals surface area contributed by atoms with Crippen LogP contribution in [-0.2, 0) is 10.0 Å². The number of anilines is 1. The summed E-state index contributed by atoms with van der Waals surface area (Å²) in [5, 5.41) is 2.60. The van der Waals surface area contributed by atoms with Crippen molar-refractivity contribution in [1.82, 2.24) is 14.7 Å². The highest BCUT2D eigenvalue weighted by atomic mass is 32.2. The molecule has 1 aromatic carbocycles. The molecule has 2 rings (SSSR count). The highest BCUT2D eigenvalue weighted by Crippen LogP contribution is 2.10. The third kappa shape index (κ3) is 4.22. The molecule has 0 aliphatic rings. The summed E-state index contributed by atoms with van der Waals surface area (Å²) < 4.78 is 26.7. The summed E-state index contributed by atoms with van der Waals surface area (Å²) in [6, 6.07) is 8.29. The minimum atomic E-state index is -3.73. The highest BCUT2D eigenvalue weighted by molar-refractivity contribution is 7.92. The van der Waals surface area contributed by atoms with Gasteiger partial charge in [0.15, 0.2) is 5.11 Å². The number of sulfonamides is 1. The van der Waals surface area contributed by atoms with Gasteiger partial charge in [-0.1, -0.05) is 17.7 Å².